The van der Waals surface area contributed by atoms with Gasteiger partial charge in [0.2, 0.25) is 10.0 Å². The number of esters is 1. The summed E-state index contributed by atoms with van der Waals surface area (Å²) < 4.78 is 67.6. The fourth-order valence-electron chi connectivity index (χ4n) is 10.5. The van der Waals surface area contributed by atoms with E-state index in [-0.39, 0.29) is 49.6 Å². The molecule has 3 aliphatic heterocycles. The molecule has 392 valence electrons. The van der Waals surface area contributed by atoms with Crippen molar-refractivity contribution < 1.29 is 67.2 Å². The number of aliphatic hydroxyl groups is 5. The number of carbonyl (C=O) groups excluding carboxylic acids is 1. The van der Waals surface area contributed by atoms with Gasteiger partial charge in [0.25, 0.3) is 0 Å². The van der Waals surface area contributed by atoms with Gasteiger partial charge in [-0.05, 0) is 110 Å². The average Bonchev–Trinajstić information content (AvgIpc) is 3.29. The molecule has 3 aliphatic rings. The van der Waals surface area contributed by atoms with Gasteiger partial charge in [0.05, 0.1) is 46.9 Å². The number of hydrogen-bond acceptors (Lipinski definition) is 16. The lowest BCUT2D eigenvalue weighted by Gasteiger charge is -2.53. The summed E-state index contributed by atoms with van der Waals surface area (Å²) in [6.07, 6.45) is -10.4. The number of nitrogens with one attached hydrogen (secondary N) is 2. The Morgan fingerprint density at radius 2 is 1.57 bits per heavy atom. The molecule has 3 fully saturated rings. The standard InChI is InChI=1S/C50H80ClN3O14S/c1-13-39-49(10,59)43(56)33(6)53-26-29(2)24-47(8,58)44(68-46-41(55)38(23-30(3)64-46)54(11)69(61,62)37-21-19-36(51)20-22-37)31(4)42(32(5)45(57)66-39)67-40-25-48(9,63-12)50(60,34(7)65-40)28-52-27-35-17-15-14-16-18-35/h14-22,29-34,38-44,46,52-53,55-56,58-60H,13,23-28H2,1-12H3/t29-,30-,31+,32-,33-,34+,38+,39-,40+,41-,42+,43-,44-,46+,47-,48-,49-,50+/m1/s1. The molecule has 2 aromatic carbocycles. The minimum atomic E-state index is -4.16. The van der Waals surface area contributed by atoms with E-state index in [0.717, 1.165) is 9.87 Å². The lowest BCUT2D eigenvalue weighted by Crippen LogP contribution is -2.70. The second-order valence-corrected chi connectivity index (χ2v) is 23.1. The van der Waals surface area contributed by atoms with Crippen LogP contribution in [0.15, 0.2) is 59.5 Å². The Morgan fingerprint density at radius 1 is 0.928 bits per heavy atom. The molecular weight excluding hydrogens is 934 g/mol. The number of aliphatic hydroxyl groups excluding tert-OH is 2. The Labute approximate surface area is 414 Å². The summed E-state index contributed by atoms with van der Waals surface area (Å²) in [6.45, 7) is 17.7. The van der Waals surface area contributed by atoms with Crippen LogP contribution in [-0.2, 0) is 49.8 Å². The first-order chi connectivity index (χ1) is 32.1. The maximum Gasteiger partial charge on any atom is 0.311 e. The Morgan fingerprint density at radius 3 is 2.17 bits per heavy atom. The van der Waals surface area contributed by atoms with Crippen LogP contribution in [-0.4, -0.2) is 161 Å². The summed E-state index contributed by atoms with van der Waals surface area (Å²) in [5.41, 5.74) is -5.47. The molecule has 0 amide bonds. The summed E-state index contributed by atoms with van der Waals surface area (Å²) in [5.74, 6) is -3.20. The fraction of sp³-hybridized carbons (Fsp3) is 0.740. The fourth-order valence-corrected chi connectivity index (χ4v) is 12.0. The zero-order valence-electron chi connectivity index (χ0n) is 42.4. The van der Waals surface area contributed by atoms with Crippen LogP contribution in [0.1, 0.15) is 100 Å². The van der Waals surface area contributed by atoms with Crippen molar-refractivity contribution in [2.24, 2.45) is 17.8 Å². The highest BCUT2D eigenvalue weighted by atomic mass is 35.5. The quantitative estimate of drug-likeness (QED) is 0.140. The number of methoxy groups -OCH3 is 1. The van der Waals surface area contributed by atoms with Crippen LogP contribution in [0.4, 0.5) is 0 Å². The monoisotopic (exact) mass is 1010 g/mol. The highest BCUT2D eigenvalue weighted by Gasteiger charge is 2.58. The normalized spacial score (nSPS) is 41.2. The first-order valence-electron chi connectivity index (χ1n) is 24.3. The first kappa shape index (κ1) is 57.5. The number of halogens is 1. The van der Waals surface area contributed by atoms with Crippen LogP contribution in [0.2, 0.25) is 5.02 Å². The molecule has 19 heteroatoms. The molecule has 0 aromatic heterocycles. The number of benzene rings is 2. The topological polar surface area (TPSA) is 235 Å². The Kier molecular flexibility index (Phi) is 19.4. The number of likely N-dealkylation sites (N-methyl/N-ethyl adjacent to an activating group) is 1. The van der Waals surface area contributed by atoms with Crippen molar-refractivity contribution in [1.82, 2.24) is 14.9 Å². The zero-order valence-corrected chi connectivity index (χ0v) is 43.9. The van der Waals surface area contributed by atoms with Gasteiger partial charge < -0.3 is 64.6 Å². The molecule has 0 saturated carbocycles. The van der Waals surface area contributed by atoms with Crippen LogP contribution in [0.3, 0.4) is 0 Å². The van der Waals surface area contributed by atoms with Crippen molar-refractivity contribution in [3.63, 3.8) is 0 Å². The van der Waals surface area contributed by atoms with Gasteiger partial charge in [-0.25, -0.2) is 8.42 Å². The third kappa shape index (κ3) is 12.9. The average molecular weight is 1010 g/mol. The van der Waals surface area contributed by atoms with E-state index in [2.05, 4.69) is 10.6 Å². The van der Waals surface area contributed by atoms with Gasteiger partial charge in [-0.15, -0.1) is 0 Å². The Hall–Kier alpha value is -2.37. The number of carbonyl (C=O) groups is 1. The molecule has 7 N–H and O–H groups in total. The van der Waals surface area contributed by atoms with Crippen molar-refractivity contribution in [1.29, 1.82) is 0 Å². The number of ether oxygens (including phenoxy) is 6. The molecule has 0 spiro atoms. The highest BCUT2D eigenvalue weighted by Crippen LogP contribution is 2.43. The molecule has 3 saturated heterocycles. The molecule has 0 unspecified atom stereocenters. The summed E-state index contributed by atoms with van der Waals surface area (Å²) in [7, 11) is -1.29. The molecule has 0 aliphatic carbocycles. The molecule has 17 nitrogen and oxygen atoms in total. The lowest BCUT2D eigenvalue weighted by molar-refractivity contribution is -0.336. The van der Waals surface area contributed by atoms with E-state index >= 15 is 0 Å². The molecule has 2 aromatic rings. The molecule has 5 rings (SSSR count). The Balaban J connectivity index is 1.55. The highest BCUT2D eigenvalue weighted by molar-refractivity contribution is 7.89. The summed E-state index contributed by atoms with van der Waals surface area (Å²) >= 11 is 6.07. The maximum absolute atomic E-state index is 14.6. The molecular formula is C50H80ClN3O14S. The van der Waals surface area contributed by atoms with E-state index in [1.165, 1.54) is 45.3 Å². The molecule has 3 heterocycles. The number of nitrogens with zero attached hydrogens (tertiary/aromatic N) is 1. The van der Waals surface area contributed by atoms with Gasteiger partial charge in [-0.2, -0.15) is 4.31 Å². The molecule has 18 atom stereocenters. The second kappa shape index (κ2) is 23.2. The van der Waals surface area contributed by atoms with Crippen molar-refractivity contribution in [3.05, 3.63) is 65.2 Å². The zero-order chi connectivity index (χ0) is 51.4. The number of rotatable bonds is 13. The predicted octanol–water partition coefficient (Wildman–Crippen LogP) is 4.13. The maximum atomic E-state index is 14.6. The van der Waals surface area contributed by atoms with Gasteiger partial charge in [0, 0.05) is 50.7 Å². The number of cyclic esters (lactones) is 1. The molecule has 69 heavy (non-hydrogen) atoms. The van der Waals surface area contributed by atoms with Gasteiger partial charge >= 0.3 is 5.97 Å². The van der Waals surface area contributed by atoms with Gasteiger partial charge in [0.1, 0.15) is 35.1 Å². The van der Waals surface area contributed by atoms with Gasteiger partial charge in [0.15, 0.2) is 12.6 Å². The van der Waals surface area contributed by atoms with Crippen molar-refractivity contribution in [3.8, 4) is 0 Å². The van der Waals surface area contributed by atoms with Crippen LogP contribution in [0.25, 0.3) is 0 Å². The van der Waals surface area contributed by atoms with E-state index in [1.807, 2.05) is 37.3 Å². The van der Waals surface area contributed by atoms with E-state index in [9.17, 15) is 38.7 Å². The third-order valence-corrected chi connectivity index (χ3v) is 17.2. The largest absolute Gasteiger partial charge is 0.459 e. The summed E-state index contributed by atoms with van der Waals surface area (Å²) in [5, 5.41) is 67.5. The summed E-state index contributed by atoms with van der Waals surface area (Å²) in [4.78, 5) is 14.5. The van der Waals surface area contributed by atoms with E-state index < -0.39 is 118 Å². The van der Waals surface area contributed by atoms with E-state index in [1.54, 1.807) is 55.4 Å². The molecule has 0 bridgehead atoms. The smallest absolute Gasteiger partial charge is 0.311 e. The van der Waals surface area contributed by atoms with Crippen LogP contribution < -0.4 is 10.6 Å². The van der Waals surface area contributed by atoms with Crippen molar-refractivity contribution in [2.45, 2.75) is 196 Å². The SMILES string of the molecule is CC[C@H]1OC(=O)[C@H](C)[C@@H](O[C@H]2C[C@@](C)(OC)[C@](O)(CNCc3ccccc3)[C@H](C)O2)[C@H](C)[C@@H](O[C@@H]2O[C@H](C)C[C@H](N(C)S(=O)(=O)c3ccc(Cl)cc3)[C@H]2O)[C@](C)(O)C[C@@H](C)CN[C@H](C)[C@@H](O)[C@]1(C)O. The Bertz CT molecular complexity index is 2070. The first-order valence-corrected chi connectivity index (χ1v) is 26.1. The van der Waals surface area contributed by atoms with E-state index in [0.29, 0.717) is 11.6 Å². The third-order valence-electron chi connectivity index (χ3n) is 15.1. The second-order valence-electron chi connectivity index (χ2n) is 20.6. The van der Waals surface area contributed by atoms with Gasteiger partial charge in [-0.1, -0.05) is 62.7 Å². The minimum Gasteiger partial charge on any atom is -0.459 e. The summed E-state index contributed by atoms with van der Waals surface area (Å²) in [6, 6.07) is 13.7. The minimum absolute atomic E-state index is 0.0125. The van der Waals surface area contributed by atoms with Gasteiger partial charge in [-0.3, -0.25) is 4.79 Å². The number of hydrogen-bond donors (Lipinski definition) is 7. The van der Waals surface area contributed by atoms with Crippen molar-refractivity contribution >= 4 is 27.6 Å². The number of sulfonamides is 1. The van der Waals surface area contributed by atoms with Crippen LogP contribution in [0.5, 0.6) is 0 Å². The lowest BCUT2D eigenvalue weighted by atomic mass is 9.75. The predicted molar refractivity (Wildman–Crippen MR) is 259 cm³/mol. The van der Waals surface area contributed by atoms with Crippen LogP contribution in [0, 0.1) is 17.8 Å². The van der Waals surface area contributed by atoms with E-state index in [4.69, 9.17) is 40.0 Å². The van der Waals surface area contributed by atoms with Crippen molar-refractivity contribution in [2.75, 3.05) is 27.2 Å². The van der Waals surface area contributed by atoms with Crippen LogP contribution >= 0.6 is 11.6 Å². The molecule has 0 radical (unpaired) electrons.